The number of carbonyl (C=O) groups excluding carboxylic acids is 1. The number of aliphatic hydroxyl groups excluding tert-OH is 1. The van der Waals surface area contributed by atoms with E-state index in [1.165, 1.54) is 6.92 Å². The van der Waals surface area contributed by atoms with E-state index in [0.717, 1.165) is 17.0 Å². The number of carbonyl (C=O) groups is 1. The highest BCUT2D eigenvalue weighted by Crippen LogP contribution is 2.22. The van der Waals surface area contributed by atoms with Gasteiger partial charge >= 0.3 is 0 Å². The van der Waals surface area contributed by atoms with Gasteiger partial charge in [-0.25, -0.2) is 9.67 Å². The third-order valence-corrected chi connectivity index (χ3v) is 4.09. The predicted octanol–water partition coefficient (Wildman–Crippen LogP) is 2.04. The van der Waals surface area contributed by atoms with Gasteiger partial charge in [0.15, 0.2) is 5.82 Å². The van der Waals surface area contributed by atoms with Gasteiger partial charge in [0, 0.05) is 19.9 Å². The van der Waals surface area contributed by atoms with Crippen molar-refractivity contribution in [3.05, 3.63) is 71.8 Å². The zero-order chi connectivity index (χ0) is 19.2. The van der Waals surface area contributed by atoms with Crippen LogP contribution in [-0.4, -0.2) is 39.4 Å². The van der Waals surface area contributed by atoms with Crippen LogP contribution in [0.25, 0.3) is 5.69 Å². The first-order valence-electron chi connectivity index (χ1n) is 8.66. The van der Waals surface area contributed by atoms with Crippen molar-refractivity contribution in [3.8, 4) is 11.4 Å². The molecule has 3 aromatic rings. The highest BCUT2D eigenvalue weighted by Gasteiger charge is 2.19. The fraction of sp³-hybridized carbons (Fsp3) is 0.250. The van der Waals surface area contributed by atoms with Crippen molar-refractivity contribution in [3.63, 3.8) is 0 Å². The van der Waals surface area contributed by atoms with Gasteiger partial charge in [-0.15, -0.1) is 5.10 Å². The molecule has 0 aliphatic rings. The summed E-state index contributed by atoms with van der Waals surface area (Å²) < 4.78 is 6.88. The minimum atomic E-state index is -0.926. The molecule has 27 heavy (non-hydrogen) atoms. The van der Waals surface area contributed by atoms with Gasteiger partial charge in [-0.1, -0.05) is 30.3 Å². The molecule has 0 saturated carbocycles. The zero-order valence-corrected chi connectivity index (χ0v) is 15.3. The van der Waals surface area contributed by atoms with Crippen molar-refractivity contribution in [1.82, 2.24) is 20.1 Å². The number of hydrogen-bond acceptors (Lipinski definition) is 5. The van der Waals surface area contributed by atoms with Crippen LogP contribution in [0.4, 0.5) is 0 Å². The van der Waals surface area contributed by atoms with Gasteiger partial charge in [0.25, 0.3) is 0 Å². The average molecular weight is 366 g/mol. The fourth-order valence-corrected chi connectivity index (χ4v) is 2.70. The van der Waals surface area contributed by atoms with E-state index in [2.05, 4.69) is 15.4 Å². The molecule has 3 rings (SSSR count). The molecule has 1 unspecified atom stereocenters. The second-order valence-electron chi connectivity index (χ2n) is 6.04. The van der Waals surface area contributed by atoms with E-state index in [0.29, 0.717) is 24.6 Å². The SMILES string of the molecule is COc1ccc(-n2nc(C(O)c3ccccc3)nc2CCNC(C)=O)cc1. The minimum absolute atomic E-state index is 0.102. The summed E-state index contributed by atoms with van der Waals surface area (Å²) in [5.74, 6) is 1.60. The Morgan fingerprint density at radius 3 is 2.52 bits per heavy atom. The normalized spacial score (nSPS) is 11.8. The van der Waals surface area contributed by atoms with Crippen molar-refractivity contribution < 1.29 is 14.6 Å². The quantitative estimate of drug-likeness (QED) is 0.668. The summed E-state index contributed by atoms with van der Waals surface area (Å²) in [6.45, 7) is 1.91. The van der Waals surface area contributed by atoms with E-state index in [1.54, 1.807) is 11.8 Å². The molecule has 0 aliphatic carbocycles. The molecule has 0 fully saturated rings. The fourth-order valence-electron chi connectivity index (χ4n) is 2.70. The zero-order valence-electron chi connectivity index (χ0n) is 15.3. The van der Waals surface area contributed by atoms with Crippen LogP contribution in [0, 0.1) is 0 Å². The number of aliphatic hydroxyl groups is 1. The van der Waals surface area contributed by atoms with Gasteiger partial charge in [-0.05, 0) is 29.8 Å². The first kappa shape index (κ1) is 18.6. The number of hydrogen-bond donors (Lipinski definition) is 2. The summed E-state index contributed by atoms with van der Waals surface area (Å²) in [6, 6.07) is 16.7. The van der Waals surface area contributed by atoms with Crippen molar-refractivity contribution in [2.75, 3.05) is 13.7 Å². The Morgan fingerprint density at radius 2 is 1.89 bits per heavy atom. The number of benzene rings is 2. The maximum absolute atomic E-state index is 11.2. The maximum Gasteiger partial charge on any atom is 0.216 e. The van der Waals surface area contributed by atoms with Crippen molar-refractivity contribution in [2.45, 2.75) is 19.4 Å². The summed E-state index contributed by atoms with van der Waals surface area (Å²) in [5.41, 5.74) is 1.52. The second-order valence-corrected chi connectivity index (χ2v) is 6.04. The van der Waals surface area contributed by atoms with Crippen molar-refractivity contribution >= 4 is 5.91 Å². The Labute approximate surface area is 157 Å². The number of methoxy groups -OCH3 is 1. The van der Waals surface area contributed by atoms with E-state index in [-0.39, 0.29) is 5.91 Å². The lowest BCUT2D eigenvalue weighted by Crippen LogP contribution is -2.23. The van der Waals surface area contributed by atoms with Crippen molar-refractivity contribution in [2.24, 2.45) is 0 Å². The summed E-state index contributed by atoms with van der Waals surface area (Å²) in [7, 11) is 1.61. The average Bonchev–Trinajstić information content (AvgIpc) is 3.12. The Hall–Kier alpha value is -3.19. The summed E-state index contributed by atoms with van der Waals surface area (Å²) in [6.07, 6.45) is -0.439. The van der Waals surface area contributed by atoms with E-state index in [9.17, 15) is 9.90 Å². The standard InChI is InChI=1S/C20H22N4O3/c1-14(25)21-13-12-18-22-20(19(26)15-6-4-3-5-7-15)23-24(18)16-8-10-17(27-2)11-9-16/h3-11,19,26H,12-13H2,1-2H3,(H,21,25). The number of nitrogens with zero attached hydrogens (tertiary/aromatic N) is 3. The first-order chi connectivity index (χ1) is 13.1. The van der Waals surface area contributed by atoms with Crippen LogP contribution in [0.3, 0.4) is 0 Å². The van der Waals surface area contributed by atoms with Crippen LogP contribution in [0.15, 0.2) is 54.6 Å². The van der Waals surface area contributed by atoms with Gasteiger partial charge in [0.05, 0.1) is 12.8 Å². The van der Waals surface area contributed by atoms with Gasteiger partial charge in [0.2, 0.25) is 5.91 Å². The molecule has 0 radical (unpaired) electrons. The Balaban J connectivity index is 1.93. The topological polar surface area (TPSA) is 89.3 Å². The predicted molar refractivity (Wildman–Crippen MR) is 101 cm³/mol. The summed E-state index contributed by atoms with van der Waals surface area (Å²) in [5, 5.41) is 17.9. The van der Waals surface area contributed by atoms with Crippen molar-refractivity contribution in [1.29, 1.82) is 0 Å². The molecule has 2 aromatic carbocycles. The van der Waals surface area contributed by atoms with Crippen LogP contribution in [-0.2, 0) is 11.2 Å². The Kier molecular flexibility index (Phi) is 5.83. The van der Waals surface area contributed by atoms with Crippen LogP contribution >= 0.6 is 0 Å². The van der Waals surface area contributed by atoms with Gasteiger partial charge in [0.1, 0.15) is 17.7 Å². The largest absolute Gasteiger partial charge is 0.497 e. The molecule has 1 heterocycles. The molecule has 0 aliphatic heterocycles. The molecule has 2 N–H and O–H groups in total. The maximum atomic E-state index is 11.2. The molecular weight excluding hydrogens is 344 g/mol. The molecular formula is C20H22N4O3. The molecule has 140 valence electrons. The van der Waals surface area contributed by atoms with Crippen LogP contribution in [0.2, 0.25) is 0 Å². The smallest absolute Gasteiger partial charge is 0.216 e. The first-order valence-corrected chi connectivity index (χ1v) is 8.66. The molecule has 0 saturated heterocycles. The lowest BCUT2D eigenvalue weighted by molar-refractivity contribution is -0.118. The lowest BCUT2D eigenvalue weighted by Gasteiger charge is -2.07. The van der Waals surface area contributed by atoms with E-state index in [4.69, 9.17) is 4.74 Å². The number of aromatic nitrogens is 3. The van der Waals surface area contributed by atoms with E-state index >= 15 is 0 Å². The van der Waals surface area contributed by atoms with E-state index in [1.807, 2.05) is 54.6 Å². The molecule has 0 spiro atoms. The van der Waals surface area contributed by atoms with E-state index < -0.39 is 6.10 Å². The Bertz CT molecular complexity index is 891. The Morgan fingerprint density at radius 1 is 1.19 bits per heavy atom. The number of ether oxygens (including phenoxy) is 1. The van der Waals surface area contributed by atoms with Crippen LogP contribution in [0.1, 0.15) is 30.2 Å². The highest BCUT2D eigenvalue weighted by molar-refractivity contribution is 5.72. The molecule has 1 amide bonds. The third-order valence-electron chi connectivity index (χ3n) is 4.09. The van der Waals surface area contributed by atoms with Gasteiger partial charge < -0.3 is 15.2 Å². The van der Waals surface area contributed by atoms with Crippen LogP contribution < -0.4 is 10.1 Å². The van der Waals surface area contributed by atoms with Gasteiger partial charge in [-0.2, -0.15) is 0 Å². The molecule has 0 bridgehead atoms. The van der Waals surface area contributed by atoms with Crippen LogP contribution in [0.5, 0.6) is 5.75 Å². The number of rotatable bonds is 7. The number of amides is 1. The monoisotopic (exact) mass is 366 g/mol. The molecule has 7 heteroatoms. The highest BCUT2D eigenvalue weighted by atomic mass is 16.5. The molecule has 1 atom stereocenters. The number of nitrogens with one attached hydrogen (secondary N) is 1. The molecule has 1 aromatic heterocycles. The lowest BCUT2D eigenvalue weighted by atomic mass is 10.1. The summed E-state index contributed by atoms with van der Waals surface area (Å²) in [4.78, 5) is 15.7. The molecule has 7 nitrogen and oxygen atoms in total. The van der Waals surface area contributed by atoms with Gasteiger partial charge in [-0.3, -0.25) is 4.79 Å². The minimum Gasteiger partial charge on any atom is -0.497 e. The summed E-state index contributed by atoms with van der Waals surface area (Å²) >= 11 is 0. The third kappa shape index (κ3) is 4.51. The second kappa shape index (κ2) is 8.46.